The molecule has 1 aliphatic heterocycles. The van der Waals surface area contributed by atoms with Crippen molar-refractivity contribution in [3.8, 4) is 11.3 Å². The maximum Gasteiger partial charge on any atom is 0.329 e. The SMILES string of the molecule is CSc1ccc(-c2ccc3ncc4c(=O)[nH]c(=O)n(C5CCN(C(=O)[C@H](C)O)CC5)c4c3n2)cn1. The highest BCUT2D eigenvalue weighted by atomic mass is 32.2. The van der Waals surface area contributed by atoms with Crippen molar-refractivity contribution in [2.24, 2.45) is 0 Å². The zero-order chi connectivity index (χ0) is 24.7. The molecule has 0 unspecified atom stereocenters. The number of hydrogen-bond donors (Lipinski definition) is 2. The number of thioether (sulfide) groups is 1. The molecule has 1 atom stereocenters. The molecule has 0 spiro atoms. The number of aromatic nitrogens is 5. The molecule has 5 rings (SSSR count). The maximum absolute atomic E-state index is 13.1. The first-order valence-corrected chi connectivity index (χ1v) is 12.5. The average Bonchev–Trinajstić information content (AvgIpc) is 2.88. The Labute approximate surface area is 204 Å². The van der Waals surface area contributed by atoms with Crippen LogP contribution in [0, 0.1) is 0 Å². The van der Waals surface area contributed by atoms with Crippen LogP contribution >= 0.6 is 11.8 Å². The van der Waals surface area contributed by atoms with Gasteiger partial charge < -0.3 is 10.0 Å². The fourth-order valence-corrected chi connectivity index (χ4v) is 4.92. The van der Waals surface area contributed by atoms with Gasteiger partial charge in [-0.2, -0.15) is 0 Å². The van der Waals surface area contributed by atoms with Crippen LogP contribution in [0.15, 0.2) is 51.3 Å². The molecule has 0 aliphatic carbocycles. The fourth-order valence-electron chi connectivity index (χ4n) is 4.56. The number of nitrogens with zero attached hydrogens (tertiary/aromatic N) is 5. The number of fused-ring (bicyclic) bond motifs is 3. The minimum atomic E-state index is -1.07. The van der Waals surface area contributed by atoms with Gasteiger partial charge in [0, 0.05) is 37.1 Å². The Morgan fingerprint density at radius 1 is 1.14 bits per heavy atom. The van der Waals surface area contributed by atoms with Crippen molar-refractivity contribution >= 4 is 39.6 Å². The molecular weight excluding hydrogens is 468 g/mol. The van der Waals surface area contributed by atoms with Gasteiger partial charge in [-0.1, -0.05) is 0 Å². The topological polar surface area (TPSA) is 134 Å². The summed E-state index contributed by atoms with van der Waals surface area (Å²) in [7, 11) is 0. The van der Waals surface area contributed by atoms with E-state index in [-0.39, 0.29) is 17.3 Å². The minimum absolute atomic E-state index is 0.251. The van der Waals surface area contributed by atoms with Crippen molar-refractivity contribution in [3.63, 3.8) is 0 Å². The Morgan fingerprint density at radius 2 is 1.91 bits per heavy atom. The summed E-state index contributed by atoms with van der Waals surface area (Å²) < 4.78 is 1.58. The standard InChI is InChI=1S/C24H24N6O4S/c1-13(31)23(33)29-9-7-15(8-10-29)30-21-16(22(32)28-24(30)34)12-25-18-5-4-17(27-20(18)21)14-3-6-19(35-2)26-11-14/h3-6,11-13,15,31H,7-10H2,1-2H3,(H,28,32,34)/t13-/m0/s1. The highest BCUT2D eigenvalue weighted by Crippen LogP contribution is 2.29. The summed E-state index contributed by atoms with van der Waals surface area (Å²) in [6.45, 7) is 2.24. The highest BCUT2D eigenvalue weighted by molar-refractivity contribution is 7.98. The first-order chi connectivity index (χ1) is 16.9. The lowest BCUT2D eigenvalue weighted by atomic mass is 10.0. The summed E-state index contributed by atoms with van der Waals surface area (Å²) in [5.74, 6) is -0.329. The normalized spacial score (nSPS) is 15.6. The smallest absolute Gasteiger partial charge is 0.329 e. The third-order valence-corrected chi connectivity index (χ3v) is 7.01. The number of nitrogens with one attached hydrogen (secondary N) is 1. The quantitative estimate of drug-likeness (QED) is 0.326. The van der Waals surface area contributed by atoms with E-state index in [1.165, 1.54) is 13.1 Å². The van der Waals surface area contributed by atoms with Crippen molar-refractivity contribution < 1.29 is 9.90 Å². The van der Waals surface area contributed by atoms with Crippen molar-refractivity contribution in [2.75, 3.05) is 19.3 Å². The van der Waals surface area contributed by atoms with Crippen molar-refractivity contribution in [2.45, 2.75) is 36.9 Å². The lowest BCUT2D eigenvalue weighted by molar-refractivity contribution is -0.140. The van der Waals surface area contributed by atoms with Gasteiger partial charge in [0.25, 0.3) is 11.5 Å². The van der Waals surface area contributed by atoms with Crippen LogP contribution < -0.4 is 11.2 Å². The second-order valence-corrected chi connectivity index (χ2v) is 9.36. The first-order valence-electron chi connectivity index (χ1n) is 11.3. The predicted molar refractivity (Wildman–Crippen MR) is 133 cm³/mol. The molecule has 4 aromatic heterocycles. The fraction of sp³-hybridized carbons (Fsp3) is 0.333. The summed E-state index contributed by atoms with van der Waals surface area (Å²) in [6.07, 6.45) is 5.10. The number of H-pyrrole nitrogens is 1. The number of rotatable bonds is 4. The zero-order valence-electron chi connectivity index (χ0n) is 19.3. The van der Waals surface area contributed by atoms with Gasteiger partial charge in [0.1, 0.15) is 11.6 Å². The molecule has 0 saturated carbocycles. The molecule has 10 nitrogen and oxygen atoms in total. The van der Waals surface area contributed by atoms with E-state index >= 15 is 0 Å². The molecule has 2 N–H and O–H groups in total. The molecule has 180 valence electrons. The third kappa shape index (κ3) is 4.21. The van der Waals surface area contributed by atoms with Gasteiger partial charge in [-0.05, 0) is 50.3 Å². The number of aromatic amines is 1. The second-order valence-electron chi connectivity index (χ2n) is 8.54. The Morgan fingerprint density at radius 3 is 2.57 bits per heavy atom. The van der Waals surface area contributed by atoms with Crippen LogP contribution in [0.5, 0.6) is 0 Å². The van der Waals surface area contributed by atoms with Crippen LogP contribution in [0.25, 0.3) is 33.2 Å². The lowest BCUT2D eigenvalue weighted by Crippen LogP contribution is -2.45. The highest BCUT2D eigenvalue weighted by Gasteiger charge is 2.28. The van der Waals surface area contributed by atoms with E-state index in [1.807, 2.05) is 30.5 Å². The Bertz CT molecular complexity index is 1540. The summed E-state index contributed by atoms with van der Waals surface area (Å²) in [5, 5.41) is 10.8. The van der Waals surface area contributed by atoms with E-state index in [1.54, 1.807) is 27.4 Å². The molecule has 0 radical (unpaired) electrons. The molecule has 1 saturated heterocycles. The predicted octanol–water partition coefficient (Wildman–Crippen LogP) is 1.96. The van der Waals surface area contributed by atoms with E-state index in [4.69, 9.17) is 4.98 Å². The number of piperidine rings is 1. The second kappa shape index (κ2) is 9.23. The van der Waals surface area contributed by atoms with Crippen LogP contribution in [0.2, 0.25) is 0 Å². The number of carbonyl (C=O) groups is 1. The number of amides is 1. The monoisotopic (exact) mass is 492 g/mol. The molecule has 0 bridgehead atoms. The summed E-state index contributed by atoms with van der Waals surface area (Å²) in [4.78, 5) is 55.6. The van der Waals surface area contributed by atoms with Crippen molar-refractivity contribution in [3.05, 3.63) is 57.5 Å². The van der Waals surface area contributed by atoms with E-state index in [9.17, 15) is 19.5 Å². The van der Waals surface area contributed by atoms with Gasteiger partial charge in [-0.15, -0.1) is 11.8 Å². The molecule has 1 amide bonds. The summed E-state index contributed by atoms with van der Waals surface area (Å²) in [5.41, 5.74) is 1.88. The van der Waals surface area contributed by atoms with Crippen molar-refractivity contribution in [1.82, 2.24) is 29.4 Å². The van der Waals surface area contributed by atoms with Gasteiger partial charge in [-0.3, -0.25) is 24.1 Å². The van der Waals surface area contributed by atoms with Gasteiger partial charge in [-0.25, -0.2) is 14.8 Å². The molecule has 5 heterocycles. The van der Waals surface area contributed by atoms with Gasteiger partial charge in [0.05, 0.1) is 27.1 Å². The van der Waals surface area contributed by atoms with E-state index in [0.29, 0.717) is 48.2 Å². The van der Waals surface area contributed by atoms with E-state index < -0.39 is 17.4 Å². The van der Waals surface area contributed by atoms with Crippen LogP contribution in [-0.2, 0) is 4.79 Å². The average molecular weight is 493 g/mol. The molecule has 1 fully saturated rings. The Kier molecular flexibility index (Phi) is 6.12. The number of likely N-dealkylation sites (tertiary alicyclic amines) is 1. The lowest BCUT2D eigenvalue weighted by Gasteiger charge is -2.34. The van der Waals surface area contributed by atoms with Crippen LogP contribution in [-0.4, -0.2) is 65.9 Å². The molecule has 4 aromatic rings. The summed E-state index contributed by atoms with van der Waals surface area (Å²) >= 11 is 1.55. The zero-order valence-corrected chi connectivity index (χ0v) is 20.1. The Balaban J connectivity index is 1.65. The number of aliphatic hydroxyl groups excluding tert-OH is 1. The minimum Gasteiger partial charge on any atom is -0.384 e. The maximum atomic E-state index is 13.1. The molecule has 0 aromatic carbocycles. The third-order valence-electron chi connectivity index (χ3n) is 6.35. The van der Waals surface area contributed by atoms with Gasteiger partial charge in [0.2, 0.25) is 0 Å². The number of carbonyl (C=O) groups excluding carboxylic acids is 1. The number of pyridine rings is 3. The first kappa shape index (κ1) is 23.2. The molecule has 35 heavy (non-hydrogen) atoms. The van der Waals surface area contributed by atoms with Crippen LogP contribution in [0.3, 0.4) is 0 Å². The summed E-state index contributed by atoms with van der Waals surface area (Å²) in [6, 6.07) is 7.25. The number of aliphatic hydroxyl groups is 1. The largest absolute Gasteiger partial charge is 0.384 e. The molecule has 1 aliphatic rings. The van der Waals surface area contributed by atoms with Crippen LogP contribution in [0.4, 0.5) is 0 Å². The molecule has 11 heteroatoms. The van der Waals surface area contributed by atoms with Gasteiger partial charge in [0.15, 0.2) is 0 Å². The molecular formula is C24H24N6O4S. The van der Waals surface area contributed by atoms with E-state index in [0.717, 1.165) is 10.6 Å². The van der Waals surface area contributed by atoms with Gasteiger partial charge >= 0.3 is 5.69 Å². The van der Waals surface area contributed by atoms with Crippen molar-refractivity contribution in [1.29, 1.82) is 0 Å². The number of hydrogen-bond acceptors (Lipinski definition) is 8. The van der Waals surface area contributed by atoms with E-state index in [2.05, 4.69) is 15.0 Å². The van der Waals surface area contributed by atoms with Crippen LogP contribution in [0.1, 0.15) is 25.8 Å². The Hall–Kier alpha value is -3.57.